The lowest BCUT2D eigenvalue weighted by Gasteiger charge is -2.17. The predicted molar refractivity (Wildman–Crippen MR) is 78.5 cm³/mol. The molecule has 0 N–H and O–H groups in total. The van der Waals surface area contributed by atoms with E-state index in [0.717, 1.165) is 0 Å². The molecule has 0 atom stereocenters. The molecule has 0 aliphatic carbocycles. The minimum atomic E-state index is -5.78. The van der Waals surface area contributed by atoms with Crippen LogP contribution in [0.1, 0.15) is 22.3 Å². The third-order valence-corrected chi connectivity index (χ3v) is 3.82. The van der Waals surface area contributed by atoms with Crippen molar-refractivity contribution in [1.29, 1.82) is 0 Å². The van der Waals surface area contributed by atoms with Gasteiger partial charge in [0, 0.05) is 0 Å². The maximum Gasteiger partial charge on any atom is 0.423 e. The summed E-state index contributed by atoms with van der Waals surface area (Å²) in [5, 5.41) is 10.9. The van der Waals surface area contributed by atoms with Crippen molar-refractivity contribution in [2.24, 2.45) is 0 Å². The highest BCUT2D eigenvalue weighted by Crippen LogP contribution is 2.47. The normalized spacial score (nSPS) is 13.4. The van der Waals surface area contributed by atoms with Crippen LogP contribution < -0.4 is 0 Å². The molecule has 15 heteroatoms. The van der Waals surface area contributed by atoms with E-state index in [1.54, 1.807) is 0 Å². The highest BCUT2D eigenvalue weighted by molar-refractivity contribution is 5.71. The Hall–Kier alpha value is -3.00. The molecule has 0 radical (unpaired) electrons. The van der Waals surface area contributed by atoms with Crippen LogP contribution in [0.2, 0.25) is 0 Å². The van der Waals surface area contributed by atoms with Gasteiger partial charge in [-0.25, -0.2) is 0 Å². The molecule has 0 aromatic heterocycles. The molecule has 0 heterocycles. The van der Waals surface area contributed by atoms with Crippen LogP contribution >= 0.6 is 0 Å². The van der Waals surface area contributed by atoms with Gasteiger partial charge < -0.3 is 0 Å². The van der Waals surface area contributed by atoms with E-state index < -0.39 is 68.7 Å². The number of halogens is 12. The lowest BCUT2D eigenvalue weighted by atomic mass is 9.94. The van der Waals surface area contributed by atoms with E-state index in [-0.39, 0.29) is 30.3 Å². The SMILES string of the molecule is O=[N+]([O-])c1c(C(F)(F)F)cc(-c2cc(C(F)(F)F)cc(C(F)(F)F)c2)cc1C(F)(F)F. The number of hydrogen-bond donors (Lipinski definition) is 0. The number of nitrogens with zero attached hydrogens (tertiary/aromatic N) is 1. The minimum Gasteiger partial charge on any atom is -0.258 e. The van der Waals surface area contributed by atoms with Crippen molar-refractivity contribution in [3.63, 3.8) is 0 Å². The summed E-state index contributed by atoms with van der Waals surface area (Å²) < 4.78 is 157. The molecular formula is C16H5F12NO2. The van der Waals surface area contributed by atoms with E-state index in [1.807, 2.05) is 0 Å². The average Bonchev–Trinajstić information content (AvgIpc) is 2.57. The first-order valence-electron chi connectivity index (χ1n) is 7.49. The van der Waals surface area contributed by atoms with Crippen LogP contribution in [0.15, 0.2) is 30.3 Å². The highest BCUT2D eigenvalue weighted by atomic mass is 19.4. The van der Waals surface area contributed by atoms with E-state index in [0.29, 0.717) is 0 Å². The summed E-state index contributed by atoms with van der Waals surface area (Å²) in [6, 6.07) is -1.22. The Kier molecular flexibility index (Phi) is 5.72. The van der Waals surface area contributed by atoms with E-state index in [1.165, 1.54) is 0 Å². The number of nitro groups is 1. The molecule has 31 heavy (non-hydrogen) atoms. The monoisotopic (exact) mass is 471 g/mol. The molecule has 2 aromatic carbocycles. The Bertz CT molecular complexity index is 948. The summed E-state index contributed by atoms with van der Waals surface area (Å²) in [4.78, 5) is 8.87. The maximum atomic E-state index is 13.2. The summed E-state index contributed by atoms with van der Waals surface area (Å²) in [6.45, 7) is 0. The van der Waals surface area contributed by atoms with Crippen LogP contribution in [0.5, 0.6) is 0 Å². The Labute approximate surface area is 163 Å². The van der Waals surface area contributed by atoms with Crippen molar-refractivity contribution < 1.29 is 57.6 Å². The first kappa shape index (κ1) is 24.3. The Balaban J connectivity index is 2.99. The van der Waals surface area contributed by atoms with Crippen molar-refractivity contribution >= 4 is 5.69 Å². The van der Waals surface area contributed by atoms with Gasteiger partial charge in [0.25, 0.3) is 5.69 Å². The third-order valence-electron chi connectivity index (χ3n) is 3.82. The zero-order valence-corrected chi connectivity index (χ0v) is 14.2. The van der Waals surface area contributed by atoms with Crippen LogP contribution in [0.4, 0.5) is 58.4 Å². The maximum absolute atomic E-state index is 13.2. The van der Waals surface area contributed by atoms with Gasteiger partial charge in [-0.2, -0.15) is 52.7 Å². The van der Waals surface area contributed by atoms with E-state index in [9.17, 15) is 62.8 Å². The second-order valence-electron chi connectivity index (χ2n) is 5.97. The number of benzene rings is 2. The minimum absolute atomic E-state index is 0.100. The predicted octanol–water partition coefficient (Wildman–Crippen LogP) is 7.34. The summed E-state index contributed by atoms with van der Waals surface area (Å²) in [6.07, 6.45) is -22.4. The Morgan fingerprint density at radius 1 is 0.548 bits per heavy atom. The van der Waals surface area contributed by atoms with Gasteiger partial charge >= 0.3 is 24.7 Å². The van der Waals surface area contributed by atoms with Gasteiger partial charge in [-0.1, -0.05) is 0 Å². The smallest absolute Gasteiger partial charge is 0.258 e. The number of nitro benzene ring substituents is 1. The molecule has 0 bridgehead atoms. The summed E-state index contributed by atoms with van der Waals surface area (Å²) >= 11 is 0. The standard InChI is InChI=1S/C16H5F12NO2/c17-13(18,19)8-1-6(2-9(5-8)14(20,21)22)7-3-10(15(23,24)25)12(29(30)31)11(4-7)16(26,27)28/h1-5H. The first-order valence-corrected chi connectivity index (χ1v) is 7.49. The third kappa shape index (κ3) is 5.19. The zero-order chi connectivity index (χ0) is 24.2. The Morgan fingerprint density at radius 3 is 1.13 bits per heavy atom. The molecule has 0 spiro atoms. The Morgan fingerprint density at radius 2 is 0.871 bits per heavy atom. The van der Waals surface area contributed by atoms with E-state index in [2.05, 4.69) is 0 Å². The number of hydrogen-bond acceptors (Lipinski definition) is 2. The quantitative estimate of drug-likeness (QED) is 0.261. The molecule has 2 rings (SSSR count). The molecule has 0 saturated carbocycles. The van der Waals surface area contributed by atoms with Crippen LogP contribution in [-0.4, -0.2) is 4.92 Å². The van der Waals surface area contributed by atoms with Gasteiger partial charge in [0.2, 0.25) is 0 Å². The molecule has 0 saturated heterocycles. The summed E-state index contributed by atoms with van der Waals surface area (Å²) in [5.41, 5.74) is -14.1. The van der Waals surface area contributed by atoms with Gasteiger partial charge in [0.1, 0.15) is 11.1 Å². The molecule has 0 fully saturated rings. The van der Waals surface area contributed by atoms with E-state index >= 15 is 0 Å². The van der Waals surface area contributed by atoms with Crippen LogP contribution in [-0.2, 0) is 24.7 Å². The molecule has 170 valence electrons. The fraction of sp³-hybridized carbons (Fsp3) is 0.250. The highest BCUT2D eigenvalue weighted by Gasteiger charge is 2.47. The van der Waals surface area contributed by atoms with Crippen molar-refractivity contribution in [2.45, 2.75) is 24.7 Å². The van der Waals surface area contributed by atoms with Crippen LogP contribution in [0, 0.1) is 10.1 Å². The fourth-order valence-electron chi connectivity index (χ4n) is 2.55. The van der Waals surface area contributed by atoms with Gasteiger partial charge in [-0.3, -0.25) is 10.1 Å². The molecular weight excluding hydrogens is 466 g/mol. The van der Waals surface area contributed by atoms with Gasteiger partial charge in [-0.15, -0.1) is 0 Å². The van der Waals surface area contributed by atoms with Crippen LogP contribution in [0.3, 0.4) is 0 Å². The van der Waals surface area contributed by atoms with Crippen molar-refractivity contribution in [3.8, 4) is 11.1 Å². The van der Waals surface area contributed by atoms with Crippen molar-refractivity contribution in [2.75, 3.05) is 0 Å². The second-order valence-corrected chi connectivity index (χ2v) is 5.97. The molecule has 3 nitrogen and oxygen atoms in total. The van der Waals surface area contributed by atoms with Gasteiger partial charge in [0.15, 0.2) is 0 Å². The van der Waals surface area contributed by atoms with Crippen molar-refractivity contribution in [1.82, 2.24) is 0 Å². The average molecular weight is 471 g/mol. The molecule has 0 unspecified atom stereocenters. The van der Waals surface area contributed by atoms with Crippen molar-refractivity contribution in [3.05, 3.63) is 62.7 Å². The summed E-state index contributed by atoms with van der Waals surface area (Å²) in [5.74, 6) is 0. The molecule has 0 amide bonds. The second kappa shape index (κ2) is 7.30. The molecule has 0 aliphatic rings. The lowest BCUT2D eigenvalue weighted by molar-refractivity contribution is -0.391. The topological polar surface area (TPSA) is 43.1 Å². The largest absolute Gasteiger partial charge is 0.423 e. The fourth-order valence-corrected chi connectivity index (χ4v) is 2.55. The van der Waals surface area contributed by atoms with E-state index in [4.69, 9.17) is 0 Å². The lowest BCUT2D eigenvalue weighted by Crippen LogP contribution is -2.16. The van der Waals surface area contributed by atoms with Gasteiger partial charge in [-0.05, 0) is 41.5 Å². The number of rotatable bonds is 2. The van der Waals surface area contributed by atoms with Gasteiger partial charge in [0.05, 0.1) is 16.1 Å². The van der Waals surface area contributed by atoms with Crippen LogP contribution in [0.25, 0.3) is 11.1 Å². The number of alkyl halides is 12. The molecule has 2 aromatic rings. The zero-order valence-electron chi connectivity index (χ0n) is 14.2. The molecule has 0 aliphatic heterocycles. The summed E-state index contributed by atoms with van der Waals surface area (Å²) in [7, 11) is 0. The first-order chi connectivity index (χ1) is 13.7.